The molecule has 0 aliphatic carbocycles. The first-order valence-electron chi connectivity index (χ1n) is 8.86. The number of benzene rings is 2. The zero-order valence-corrected chi connectivity index (χ0v) is 15.1. The molecule has 0 aliphatic heterocycles. The molecule has 0 amide bonds. The fraction of sp³-hybridized carbons (Fsp3) is 0.238. The van der Waals surface area contributed by atoms with Gasteiger partial charge in [-0.25, -0.2) is 9.98 Å². The van der Waals surface area contributed by atoms with Crippen LogP contribution in [-0.4, -0.2) is 17.5 Å². The second kappa shape index (κ2) is 8.85. The Bertz CT molecular complexity index is 827. The minimum Gasteiger partial charge on any atom is -0.444 e. The van der Waals surface area contributed by atoms with Crippen molar-refractivity contribution in [2.24, 2.45) is 4.99 Å². The first-order valence-corrected chi connectivity index (χ1v) is 8.86. The van der Waals surface area contributed by atoms with Crippen LogP contribution >= 0.6 is 0 Å². The molecule has 2 N–H and O–H groups in total. The largest absolute Gasteiger partial charge is 0.444 e. The fourth-order valence-corrected chi connectivity index (χ4v) is 2.60. The Labute approximate surface area is 154 Å². The third-order valence-electron chi connectivity index (χ3n) is 3.97. The molecule has 1 heterocycles. The van der Waals surface area contributed by atoms with Gasteiger partial charge in [0.05, 0.1) is 12.6 Å². The minimum absolute atomic E-state index is 0.159. The Morgan fingerprint density at radius 3 is 2.46 bits per heavy atom. The van der Waals surface area contributed by atoms with Crippen LogP contribution < -0.4 is 10.6 Å². The van der Waals surface area contributed by atoms with Crippen LogP contribution in [0.4, 0.5) is 0 Å². The van der Waals surface area contributed by atoms with E-state index in [9.17, 15) is 0 Å². The van der Waals surface area contributed by atoms with Crippen LogP contribution in [0.25, 0.3) is 11.5 Å². The summed E-state index contributed by atoms with van der Waals surface area (Å²) in [6.07, 6.45) is 1.66. The summed E-state index contributed by atoms with van der Waals surface area (Å²) in [5, 5.41) is 6.70. The lowest BCUT2D eigenvalue weighted by Gasteiger charge is -2.18. The molecular weight excluding hydrogens is 324 g/mol. The molecular formula is C21H24N4O. The molecule has 0 saturated carbocycles. The smallest absolute Gasteiger partial charge is 0.226 e. The van der Waals surface area contributed by atoms with Gasteiger partial charge in [0.15, 0.2) is 5.96 Å². The molecule has 134 valence electrons. The monoisotopic (exact) mass is 348 g/mol. The maximum atomic E-state index is 5.57. The summed E-state index contributed by atoms with van der Waals surface area (Å²) in [5.74, 6) is 1.37. The van der Waals surface area contributed by atoms with Gasteiger partial charge in [-0.3, -0.25) is 0 Å². The quantitative estimate of drug-likeness (QED) is 0.519. The zero-order chi connectivity index (χ0) is 18.2. The summed E-state index contributed by atoms with van der Waals surface area (Å²) in [4.78, 5) is 9.15. The van der Waals surface area contributed by atoms with Crippen LogP contribution in [-0.2, 0) is 6.54 Å². The summed E-state index contributed by atoms with van der Waals surface area (Å²) >= 11 is 0. The van der Waals surface area contributed by atoms with E-state index in [0.29, 0.717) is 12.4 Å². The van der Waals surface area contributed by atoms with E-state index in [4.69, 9.17) is 4.42 Å². The highest BCUT2D eigenvalue weighted by Crippen LogP contribution is 2.18. The van der Waals surface area contributed by atoms with Crippen LogP contribution in [0.15, 0.2) is 76.3 Å². The summed E-state index contributed by atoms with van der Waals surface area (Å²) < 4.78 is 5.57. The molecule has 0 bridgehead atoms. The Balaban J connectivity index is 1.67. The number of nitrogens with one attached hydrogen (secondary N) is 2. The topological polar surface area (TPSA) is 62.5 Å². The van der Waals surface area contributed by atoms with Crippen molar-refractivity contribution in [3.8, 4) is 11.5 Å². The second-order valence-corrected chi connectivity index (χ2v) is 5.98. The van der Waals surface area contributed by atoms with Crippen LogP contribution in [0.1, 0.15) is 31.1 Å². The molecule has 3 aromatic rings. The molecule has 3 rings (SSSR count). The summed E-state index contributed by atoms with van der Waals surface area (Å²) in [6.45, 7) is 5.41. The van der Waals surface area contributed by atoms with Crippen molar-refractivity contribution in [1.29, 1.82) is 0 Å². The Hall–Kier alpha value is -3.08. The lowest BCUT2D eigenvalue weighted by Crippen LogP contribution is -2.38. The molecule has 0 saturated heterocycles. The van der Waals surface area contributed by atoms with E-state index in [2.05, 4.69) is 39.7 Å². The fourth-order valence-electron chi connectivity index (χ4n) is 2.60. The van der Waals surface area contributed by atoms with Gasteiger partial charge < -0.3 is 15.1 Å². The summed E-state index contributed by atoms with van der Waals surface area (Å²) in [7, 11) is 0. The van der Waals surface area contributed by atoms with Gasteiger partial charge in [0.25, 0.3) is 0 Å². The molecule has 1 unspecified atom stereocenters. The van der Waals surface area contributed by atoms with Crippen molar-refractivity contribution < 1.29 is 4.42 Å². The predicted molar refractivity (Wildman–Crippen MR) is 105 cm³/mol. The van der Waals surface area contributed by atoms with E-state index in [-0.39, 0.29) is 6.04 Å². The maximum absolute atomic E-state index is 5.57. The Kier molecular flexibility index (Phi) is 6.04. The van der Waals surface area contributed by atoms with Crippen molar-refractivity contribution in [3.05, 3.63) is 78.2 Å². The average Bonchev–Trinajstić information content (AvgIpc) is 3.17. The highest BCUT2D eigenvalue weighted by molar-refractivity contribution is 5.80. The van der Waals surface area contributed by atoms with Gasteiger partial charge in [0, 0.05) is 12.1 Å². The first-order chi connectivity index (χ1) is 12.8. The second-order valence-electron chi connectivity index (χ2n) is 5.98. The highest BCUT2D eigenvalue weighted by atomic mass is 16.3. The lowest BCUT2D eigenvalue weighted by atomic mass is 10.1. The molecule has 0 fully saturated rings. The van der Waals surface area contributed by atoms with Crippen LogP contribution in [0.3, 0.4) is 0 Å². The molecule has 5 heteroatoms. The van der Waals surface area contributed by atoms with Gasteiger partial charge in [0.2, 0.25) is 5.89 Å². The molecule has 1 atom stereocenters. The third kappa shape index (κ3) is 4.72. The summed E-state index contributed by atoms with van der Waals surface area (Å²) in [5.41, 5.74) is 2.98. The normalized spacial score (nSPS) is 12.6. The van der Waals surface area contributed by atoms with Gasteiger partial charge >= 0.3 is 0 Å². The number of hydrogen-bond donors (Lipinski definition) is 2. The summed E-state index contributed by atoms with van der Waals surface area (Å²) in [6, 6.07) is 20.3. The Morgan fingerprint density at radius 1 is 1.08 bits per heavy atom. The zero-order valence-electron chi connectivity index (χ0n) is 15.1. The maximum Gasteiger partial charge on any atom is 0.226 e. The van der Waals surface area contributed by atoms with Gasteiger partial charge in [0.1, 0.15) is 12.0 Å². The minimum atomic E-state index is 0.159. The molecule has 26 heavy (non-hydrogen) atoms. The van der Waals surface area contributed by atoms with Crippen LogP contribution in [0.2, 0.25) is 0 Å². The van der Waals surface area contributed by atoms with E-state index < -0.39 is 0 Å². The van der Waals surface area contributed by atoms with Crippen molar-refractivity contribution in [1.82, 2.24) is 15.6 Å². The van der Waals surface area contributed by atoms with Gasteiger partial charge in [-0.1, -0.05) is 48.5 Å². The average molecular weight is 348 g/mol. The van der Waals surface area contributed by atoms with E-state index in [1.807, 2.05) is 55.5 Å². The molecule has 0 radical (unpaired) electrons. The molecule has 0 spiro atoms. The van der Waals surface area contributed by atoms with E-state index in [1.165, 1.54) is 5.56 Å². The van der Waals surface area contributed by atoms with Gasteiger partial charge in [-0.2, -0.15) is 0 Å². The van der Waals surface area contributed by atoms with Crippen molar-refractivity contribution in [2.75, 3.05) is 6.54 Å². The number of aliphatic imine (C=N–C) groups is 1. The number of hydrogen-bond acceptors (Lipinski definition) is 3. The first kappa shape index (κ1) is 17.7. The van der Waals surface area contributed by atoms with Crippen LogP contribution in [0, 0.1) is 0 Å². The van der Waals surface area contributed by atoms with Gasteiger partial charge in [-0.15, -0.1) is 0 Å². The number of nitrogens with zero attached hydrogens (tertiary/aromatic N) is 2. The standard InChI is InChI=1S/C21H24N4O/c1-3-22-21(24-16(2)17-10-6-4-7-11-17)23-14-19-15-26-20(25-19)18-12-8-5-9-13-18/h4-13,15-16H,3,14H2,1-2H3,(H2,22,23,24). The lowest BCUT2D eigenvalue weighted by molar-refractivity contribution is 0.572. The van der Waals surface area contributed by atoms with E-state index in [0.717, 1.165) is 23.8 Å². The molecule has 0 aliphatic rings. The third-order valence-corrected chi connectivity index (χ3v) is 3.97. The molecule has 5 nitrogen and oxygen atoms in total. The van der Waals surface area contributed by atoms with E-state index in [1.54, 1.807) is 6.26 Å². The number of aromatic nitrogens is 1. The predicted octanol–water partition coefficient (Wildman–Crippen LogP) is 4.16. The Morgan fingerprint density at radius 2 is 1.77 bits per heavy atom. The van der Waals surface area contributed by atoms with Crippen molar-refractivity contribution in [2.45, 2.75) is 26.4 Å². The van der Waals surface area contributed by atoms with Crippen molar-refractivity contribution in [3.63, 3.8) is 0 Å². The molecule has 2 aromatic carbocycles. The number of oxazole rings is 1. The highest BCUT2D eigenvalue weighted by Gasteiger charge is 2.09. The molecule has 1 aromatic heterocycles. The van der Waals surface area contributed by atoms with E-state index >= 15 is 0 Å². The number of rotatable bonds is 6. The van der Waals surface area contributed by atoms with Crippen molar-refractivity contribution >= 4 is 5.96 Å². The van der Waals surface area contributed by atoms with Gasteiger partial charge in [-0.05, 0) is 31.5 Å². The van der Waals surface area contributed by atoms with Crippen LogP contribution in [0.5, 0.6) is 0 Å². The SMILES string of the molecule is CCNC(=NCc1coc(-c2ccccc2)n1)NC(C)c1ccccc1. The number of guanidine groups is 1.